The molecule has 0 fully saturated rings. The Hall–Kier alpha value is -6.64. The number of benzene rings is 8. The van der Waals surface area contributed by atoms with Gasteiger partial charge in [0.15, 0.2) is 0 Å². The molecular formula is C49H31NO. The number of fused-ring (bicyclic) bond motifs is 13. The van der Waals surface area contributed by atoms with Gasteiger partial charge in [-0.2, -0.15) is 0 Å². The van der Waals surface area contributed by atoms with Crippen LogP contribution in [0, 0.1) is 0 Å². The van der Waals surface area contributed by atoms with Crippen molar-refractivity contribution in [1.29, 1.82) is 0 Å². The van der Waals surface area contributed by atoms with E-state index in [0.29, 0.717) is 0 Å². The molecule has 0 radical (unpaired) electrons. The molecule has 1 spiro atoms. The van der Waals surface area contributed by atoms with Gasteiger partial charge in [0.25, 0.3) is 0 Å². The van der Waals surface area contributed by atoms with Crippen LogP contribution >= 0.6 is 0 Å². The van der Waals surface area contributed by atoms with Crippen LogP contribution in [0.15, 0.2) is 192 Å². The molecule has 0 N–H and O–H groups in total. The van der Waals surface area contributed by atoms with Gasteiger partial charge < -0.3 is 9.32 Å². The second kappa shape index (κ2) is 10.7. The minimum Gasteiger partial charge on any atom is -0.456 e. The van der Waals surface area contributed by atoms with Crippen molar-refractivity contribution in [2.75, 3.05) is 4.90 Å². The van der Waals surface area contributed by atoms with Crippen molar-refractivity contribution in [3.63, 3.8) is 0 Å². The second-order valence-electron chi connectivity index (χ2n) is 13.6. The molecule has 51 heavy (non-hydrogen) atoms. The zero-order valence-electron chi connectivity index (χ0n) is 27.8. The highest BCUT2D eigenvalue weighted by atomic mass is 16.3. The van der Waals surface area contributed by atoms with E-state index in [4.69, 9.17) is 4.42 Å². The number of furan rings is 1. The normalized spacial score (nSPS) is 13.3. The largest absolute Gasteiger partial charge is 0.456 e. The molecule has 2 aliphatic carbocycles. The minimum atomic E-state index is -0.498. The van der Waals surface area contributed by atoms with Crippen LogP contribution in [0.1, 0.15) is 22.3 Å². The maximum atomic E-state index is 6.34. The van der Waals surface area contributed by atoms with Crippen LogP contribution in [-0.2, 0) is 5.41 Å². The van der Waals surface area contributed by atoms with Gasteiger partial charge >= 0.3 is 0 Å². The monoisotopic (exact) mass is 649 g/mol. The third-order valence-corrected chi connectivity index (χ3v) is 11.1. The fourth-order valence-corrected chi connectivity index (χ4v) is 9.11. The average molecular weight is 650 g/mol. The van der Waals surface area contributed by atoms with E-state index in [2.05, 4.69) is 187 Å². The van der Waals surface area contributed by atoms with Crippen LogP contribution in [0.5, 0.6) is 0 Å². The molecule has 2 aliphatic rings. The van der Waals surface area contributed by atoms with E-state index in [1.54, 1.807) is 0 Å². The molecule has 0 unspecified atom stereocenters. The number of para-hydroxylation sites is 2. The zero-order chi connectivity index (χ0) is 33.5. The summed E-state index contributed by atoms with van der Waals surface area (Å²) in [5, 5.41) is 2.22. The molecular weight excluding hydrogens is 619 g/mol. The highest BCUT2D eigenvalue weighted by Gasteiger charge is 2.53. The van der Waals surface area contributed by atoms with Gasteiger partial charge in [-0.25, -0.2) is 0 Å². The maximum Gasteiger partial charge on any atom is 0.135 e. The van der Waals surface area contributed by atoms with Crippen molar-refractivity contribution >= 4 is 39.0 Å². The zero-order valence-corrected chi connectivity index (χ0v) is 27.8. The van der Waals surface area contributed by atoms with Gasteiger partial charge in [0.05, 0.1) is 16.8 Å². The van der Waals surface area contributed by atoms with Crippen molar-refractivity contribution < 1.29 is 4.42 Å². The first-order chi connectivity index (χ1) is 25.3. The van der Waals surface area contributed by atoms with E-state index in [1.165, 1.54) is 55.6 Å². The SMILES string of the molecule is c1ccc(-c2ccccc2N(c2ccc3oc4ccccc4c3c2)c2cccc3c2C2(c4ccccc4-c4ccccc42)c2ccccc2-3)cc1. The van der Waals surface area contributed by atoms with Crippen molar-refractivity contribution in [2.45, 2.75) is 5.41 Å². The summed E-state index contributed by atoms with van der Waals surface area (Å²) in [4.78, 5) is 2.50. The Morgan fingerprint density at radius 1 is 0.373 bits per heavy atom. The highest BCUT2D eigenvalue weighted by Crippen LogP contribution is 2.65. The fraction of sp³-hybridized carbons (Fsp3) is 0.0204. The first-order valence-corrected chi connectivity index (χ1v) is 17.6. The lowest BCUT2D eigenvalue weighted by Crippen LogP contribution is -2.28. The lowest BCUT2D eigenvalue weighted by Gasteiger charge is -2.36. The predicted molar refractivity (Wildman–Crippen MR) is 210 cm³/mol. The standard InChI is InChI=1S/C49H31NO/c1-2-15-32(16-3-1)34-17-7-12-26-44(34)50(33-29-30-47-40(31-33)38-21-8-13-28-46(38)51-47)45-27-14-22-39-37-20-6-11-25-43(37)49(48(39)45)41-23-9-4-18-35(41)36-19-5-10-24-42(36)49/h1-31H. The smallest absolute Gasteiger partial charge is 0.135 e. The topological polar surface area (TPSA) is 16.4 Å². The Kier molecular flexibility index (Phi) is 5.91. The molecule has 0 bridgehead atoms. The molecule has 0 atom stereocenters. The Balaban J connectivity index is 1.28. The lowest BCUT2D eigenvalue weighted by molar-refractivity contribution is 0.669. The summed E-state index contributed by atoms with van der Waals surface area (Å²) in [6.45, 7) is 0. The fourth-order valence-electron chi connectivity index (χ4n) is 9.11. The molecule has 11 rings (SSSR count). The van der Waals surface area contributed by atoms with Crippen LogP contribution in [0.4, 0.5) is 17.1 Å². The van der Waals surface area contributed by atoms with Gasteiger partial charge in [-0.3, -0.25) is 0 Å². The van der Waals surface area contributed by atoms with Crippen molar-refractivity contribution in [1.82, 2.24) is 0 Å². The summed E-state index contributed by atoms with van der Waals surface area (Å²) in [6.07, 6.45) is 0. The van der Waals surface area contributed by atoms with E-state index < -0.39 is 5.41 Å². The van der Waals surface area contributed by atoms with E-state index in [9.17, 15) is 0 Å². The number of hydrogen-bond donors (Lipinski definition) is 0. The Bertz CT molecular complexity index is 2760. The summed E-state index contributed by atoms with van der Waals surface area (Å²) in [7, 11) is 0. The lowest BCUT2D eigenvalue weighted by atomic mass is 9.70. The number of nitrogens with zero attached hydrogens (tertiary/aromatic N) is 1. The Morgan fingerprint density at radius 2 is 0.902 bits per heavy atom. The molecule has 2 heteroatoms. The van der Waals surface area contributed by atoms with Crippen LogP contribution in [0.2, 0.25) is 0 Å². The van der Waals surface area contributed by atoms with Crippen LogP contribution < -0.4 is 4.90 Å². The summed E-state index contributed by atoms with van der Waals surface area (Å²) in [6, 6.07) is 68.6. The van der Waals surface area contributed by atoms with Gasteiger partial charge in [0.1, 0.15) is 11.2 Å². The molecule has 8 aromatic carbocycles. The average Bonchev–Trinajstić information content (AvgIpc) is 3.83. The first kappa shape index (κ1) is 28.2. The quantitative estimate of drug-likeness (QED) is 0.189. The van der Waals surface area contributed by atoms with Crippen LogP contribution in [0.3, 0.4) is 0 Å². The van der Waals surface area contributed by atoms with Crippen molar-refractivity contribution in [2.24, 2.45) is 0 Å². The highest BCUT2D eigenvalue weighted by molar-refractivity contribution is 6.07. The van der Waals surface area contributed by atoms with Crippen molar-refractivity contribution in [3.8, 4) is 33.4 Å². The maximum absolute atomic E-state index is 6.34. The summed E-state index contributed by atoms with van der Waals surface area (Å²) >= 11 is 0. The number of rotatable bonds is 4. The minimum absolute atomic E-state index is 0.498. The number of hydrogen-bond acceptors (Lipinski definition) is 2. The van der Waals surface area contributed by atoms with Gasteiger partial charge in [-0.05, 0) is 80.9 Å². The summed E-state index contributed by atoms with van der Waals surface area (Å²) in [5.41, 5.74) is 17.4. The van der Waals surface area contributed by atoms with Gasteiger partial charge in [0.2, 0.25) is 0 Å². The third kappa shape index (κ3) is 3.82. The molecule has 238 valence electrons. The third-order valence-electron chi connectivity index (χ3n) is 11.1. The van der Waals surface area contributed by atoms with E-state index in [-0.39, 0.29) is 0 Å². The molecule has 0 amide bonds. The Labute approximate surface area is 296 Å². The van der Waals surface area contributed by atoms with Gasteiger partial charge in [-0.1, -0.05) is 152 Å². The molecule has 9 aromatic rings. The molecule has 0 aliphatic heterocycles. The predicted octanol–water partition coefficient (Wildman–Crippen LogP) is 13.1. The molecule has 2 nitrogen and oxygen atoms in total. The van der Waals surface area contributed by atoms with Crippen LogP contribution in [-0.4, -0.2) is 0 Å². The van der Waals surface area contributed by atoms with E-state index >= 15 is 0 Å². The Morgan fingerprint density at radius 3 is 1.63 bits per heavy atom. The molecule has 1 aromatic heterocycles. The molecule has 0 saturated carbocycles. The van der Waals surface area contributed by atoms with Crippen LogP contribution in [0.25, 0.3) is 55.3 Å². The summed E-state index contributed by atoms with van der Waals surface area (Å²) < 4.78 is 6.34. The molecule has 0 saturated heterocycles. The molecule has 1 heterocycles. The number of anilines is 3. The van der Waals surface area contributed by atoms with E-state index in [0.717, 1.165) is 39.0 Å². The van der Waals surface area contributed by atoms with Crippen molar-refractivity contribution in [3.05, 3.63) is 210 Å². The second-order valence-corrected chi connectivity index (χ2v) is 13.6. The van der Waals surface area contributed by atoms with Gasteiger partial charge in [-0.15, -0.1) is 0 Å². The van der Waals surface area contributed by atoms with E-state index in [1.807, 2.05) is 6.07 Å². The summed E-state index contributed by atoms with van der Waals surface area (Å²) in [5.74, 6) is 0. The first-order valence-electron chi connectivity index (χ1n) is 17.6. The van der Waals surface area contributed by atoms with Gasteiger partial charge in [0, 0.05) is 27.6 Å².